The molecule has 0 spiro atoms. The number of likely N-dealkylation sites (tertiary alicyclic amines) is 1. The molecule has 0 amide bonds. The molecule has 1 N–H and O–H groups in total. The van der Waals surface area contributed by atoms with Gasteiger partial charge in [0.1, 0.15) is 12.4 Å². The Morgan fingerprint density at radius 2 is 1.68 bits per heavy atom. The highest BCUT2D eigenvalue weighted by molar-refractivity contribution is 5.87. The molecule has 0 aliphatic carbocycles. The summed E-state index contributed by atoms with van der Waals surface area (Å²) in [6.45, 7) is 3.45. The van der Waals surface area contributed by atoms with E-state index >= 15 is 0 Å². The standard InChI is InChI=1S/C23H25NO3.ClH/c25-22(26)10-5-13-24-14-11-17(12-15-24)23-19-7-2-1-6-18(19)16-27-21-9-4-3-8-20(21)23;/h1-4,6-9H,5,10-16H2,(H,25,26);1H. The van der Waals surface area contributed by atoms with Gasteiger partial charge < -0.3 is 14.7 Å². The van der Waals surface area contributed by atoms with Gasteiger partial charge in [0.2, 0.25) is 0 Å². The molecule has 2 aliphatic rings. The zero-order chi connectivity index (χ0) is 18.6. The van der Waals surface area contributed by atoms with Crippen molar-refractivity contribution in [2.45, 2.75) is 32.3 Å². The van der Waals surface area contributed by atoms with E-state index in [4.69, 9.17) is 9.84 Å². The molecule has 28 heavy (non-hydrogen) atoms. The Labute approximate surface area is 172 Å². The van der Waals surface area contributed by atoms with Crippen LogP contribution in [0.15, 0.2) is 54.1 Å². The largest absolute Gasteiger partial charge is 0.488 e. The summed E-state index contributed by atoms with van der Waals surface area (Å²) in [6.07, 6.45) is 3.01. The first kappa shape index (κ1) is 20.4. The maximum absolute atomic E-state index is 10.7. The van der Waals surface area contributed by atoms with E-state index in [1.165, 1.54) is 27.8 Å². The third-order valence-corrected chi connectivity index (χ3v) is 5.50. The molecule has 2 aliphatic heterocycles. The molecular weight excluding hydrogens is 374 g/mol. The Kier molecular flexibility index (Phi) is 6.76. The molecule has 2 aromatic rings. The molecule has 1 saturated heterocycles. The van der Waals surface area contributed by atoms with Crippen molar-refractivity contribution in [3.05, 3.63) is 70.8 Å². The van der Waals surface area contributed by atoms with Gasteiger partial charge in [-0.2, -0.15) is 0 Å². The number of rotatable bonds is 4. The van der Waals surface area contributed by atoms with Crippen molar-refractivity contribution in [3.8, 4) is 5.75 Å². The van der Waals surface area contributed by atoms with E-state index in [9.17, 15) is 4.79 Å². The second-order valence-corrected chi connectivity index (χ2v) is 7.26. The van der Waals surface area contributed by atoms with Gasteiger partial charge >= 0.3 is 5.97 Å². The molecule has 0 saturated carbocycles. The van der Waals surface area contributed by atoms with Gasteiger partial charge in [-0.1, -0.05) is 48.0 Å². The summed E-state index contributed by atoms with van der Waals surface area (Å²) in [4.78, 5) is 13.1. The number of hydrogen-bond acceptors (Lipinski definition) is 3. The number of carbonyl (C=O) groups is 1. The Morgan fingerprint density at radius 3 is 2.43 bits per heavy atom. The monoisotopic (exact) mass is 399 g/mol. The van der Waals surface area contributed by atoms with Gasteiger partial charge in [-0.15, -0.1) is 12.4 Å². The fourth-order valence-corrected chi connectivity index (χ4v) is 4.12. The van der Waals surface area contributed by atoms with Gasteiger partial charge in [-0.05, 0) is 48.6 Å². The van der Waals surface area contributed by atoms with Crippen LogP contribution in [0.25, 0.3) is 5.57 Å². The van der Waals surface area contributed by atoms with Crippen LogP contribution in [0.1, 0.15) is 42.4 Å². The molecule has 2 heterocycles. The minimum absolute atomic E-state index is 0. The number of benzene rings is 2. The van der Waals surface area contributed by atoms with E-state index in [0.29, 0.717) is 6.61 Å². The Hall–Kier alpha value is -2.30. The van der Waals surface area contributed by atoms with Gasteiger partial charge in [-0.25, -0.2) is 0 Å². The van der Waals surface area contributed by atoms with E-state index in [1.807, 2.05) is 6.07 Å². The molecule has 0 unspecified atom stereocenters. The quantitative estimate of drug-likeness (QED) is 0.805. The number of nitrogens with zero attached hydrogens (tertiary/aromatic N) is 1. The fraction of sp³-hybridized carbons (Fsp3) is 0.348. The Bertz CT molecular complexity index is 818. The van der Waals surface area contributed by atoms with Crippen molar-refractivity contribution in [1.29, 1.82) is 0 Å². The maximum Gasteiger partial charge on any atom is 0.303 e. The van der Waals surface area contributed by atoms with Crippen LogP contribution in [-0.4, -0.2) is 35.6 Å². The summed E-state index contributed by atoms with van der Waals surface area (Å²) in [7, 11) is 0. The number of carboxylic acid groups (broad SMARTS) is 1. The van der Waals surface area contributed by atoms with Crippen LogP contribution in [-0.2, 0) is 11.4 Å². The van der Waals surface area contributed by atoms with Crippen molar-refractivity contribution in [3.63, 3.8) is 0 Å². The molecule has 1 fully saturated rings. The second-order valence-electron chi connectivity index (χ2n) is 7.26. The van der Waals surface area contributed by atoms with Crippen LogP contribution in [0, 0.1) is 0 Å². The normalized spacial score (nSPS) is 16.3. The molecule has 5 heteroatoms. The van der Waals surface area contributed by atoms with Crippen LogP contribution >= 0.6 is 12.4 Å². The van der Waals surface area contributed by atoms with Crippen LogP contribution < -0.4 is 4.74 Å². The molecular formula is C23H26ClNO3. The molecule has 0 bridgehead atoms. The minimum Gasteiger partial charge on any atom is -0.488 e. The van der Waals surface area contributed by atoms with E-state index in [0.717, 1.165) is 44.6 Å². The summed E-state index contributed by atoms with van der Waals surface area (Å²) in [6, 6.07) is 16.9. The average Bonchev–Trinajstić information content (AvgIpc) is 2.85. The predicted octanol–water partition coefficient (Wildman–Crippen LogP) is 4.76. The van der Waals surface area contributed by atoms with Gasteiger partial charge in [-0.3, -0.25) is 4.79 Å². The SMILES string of the molecule is Cl.O=C(O)CCCN1CCC(=C2c3ccccc3COc3ccccc32)CC1. The number of hydrogen-bond donors (Lipinski definition) is 1. The Morgan fingerprint density at radius 1 is 1.00 bits per heavy atom. The zero-order valence-corrected chi connectivity index (χ0v) is 16.7. The van der Waals surface area contributed by atoms with Gasteiger partial charge in [0.15, 0.2) is 0 Å². The minimum atomic E-state index is -0.707. The highest BCUT2D eigenvalue weighted by Gasteiger charge is 2.24. The van der Waals surface area contributed by atoms with Gasteiger partial charge in [0.05, 0.1) is 0 Å². The molecule has 2 aromatic carbocycles. The van der Waals surface area contributed by atoms with Crippen molar-refractivity contribution < 1.29 is 14.6 Å². The van der Waals surface area contributed by atoms with Crippen molar-refractivity contribution >= 4 is 23.9 Å². The summed E-state index contributed by atoms with van der Waals surface area (Å²) in [5, 5.41) is 8.83. The molecule has 0 radical (unpaired) electrons. The fourth-order valence-electron chi connectivity index (χ4n) is 4.12. The van der Waals surface area contributed by atoms with Crippen molar-refractivity contribution in [1.82, 2.24) is 4.90 Å². The van der Waals surface area contributed by atoms with Crippen LogP contribution in [0.2, 0.25) is 0 Å². The summed E-state index contributed by atoms with van der Waals surface area (Å²) in [5.41, 5.74) is 6.53. The number of ether oxygens (including phenoxy) is 1. The lowest BCUT2D eigenvalue weighted by molar-refractivity contribution is -0.137. The Balaban J connectivity index is 0.00000225. The highest BCUT2D eigenvalue weighted by Crippen LogP contribution is 2.40. The first-order valence-corrected chi connectivity index (χ1v) is 9.69. The number of carboxylic acids is 1. The van der Waals surface area contributed by atoms with E-state index < -0.39 is 5.97 Å². The lowest BCUT2D eigenvalue weighted by Gasteiger charge is -2.30. The van der Waals surface area contributed by atoms with Crippen molar-refractivity contribution in [2.24, 2.45) is 0 Å². The number of piperidine rings is 1. The van der Waals surface area contributed by atoms with Gasteiger partial charge in [0.25, 0.3) is 0 Å². The molecule has 4 rings (SSSR count). The summed E-state index contributed by atoms with van der Waals surface area (Å²) in [5.74, 6) is 0.251. The van der Waals surface area contributed by atoms with Crippen LogP contribution in [0.3, 0.4) is 0 Å². The molecule has 0 atom stereocenters. The number of halogens is 1. The third-order valence-electron chi connectivity index (χ3n) is 5.50. The number of para-hydroxylation sites is 1. The van der Waals surface area contributed by atoms with E-state index in [1.54, 1.807) is 0 Å². The zero-order valence-electron chi connectivity index (χ0n) is 15.9. The second kappa shape index (κ2) is 9.26. The predicted molar refractivity (Wildman–Crippen MR) is 113 cm³/mol. The van der Waals surface area contributed by atoms with Gasteiger partial charge in [0, 0.05) is 25.1 Å². The topological polar surface area (TPSA) is 49.8 Å². The lowest BCUT2D eigenvalue weighted by Crippen LogP contribution is -2.32. The smallest absolute Gasteiger partial charge is 0.303 e. The number of fused-ring (bicyclic) bond motifs is 2. The summed E-state index contributed by atoms with van der Waals surface area (Å²) >= 11 is 0. The molecule has 148 valence electrons. The highest BCUT2D eigenvalue weighted by atomic mass is 35.5. The molecule has 4 nitrogen and oxygen atoms in total. The summed E-state index contributed by atoms with van der Waals surface area (Å²) < 4.78 is 6.09. The van der Waals surface area contributed by atoms with Crippen LogP contribution in [0.4, 0.5) is 0 Å². The maximum atomic E-state index is 10.7. The van der Waals surface area contributed by atoms with Crippen molar-refractivity contribution in [2.75, 3.05) is 19.6 Å². The molecule has 0 aromatic heterocycles. The third kappa shape index (κ3) is 4.40. The first-order chi connectivity index (χ1) is 13.2. The van der Waals surface area contributed by atoms with Crippen LogP contribution in [0.5, 0.6) is 5.75 Å². The number of aliphatic carboxylic acids is 1. The van der Waals surface area contributed by atoms with E-state index in [-0.39, 0.29) is 18.8 Å². The average molecular weight is 400 g/mol. The lowest BCUT2D eigenvalue weighted by atomic mass is 9.86. The first-order valence-electron chi connectivity index (χ1n) is 9.69. The van der Waals surface area contributed by atoms with E-state index in [2.05, 4.69) is 47.4 Å².